The van der Waals surface area contributed by atoms with E-state index in [2.05, 4.69) is 0 Å². The van der Waals surface area contributed by atoms with E-state index in [9.17, 15) is 9.90 Å². The Kier molecular flexibility index (Phi) is 3.64. The summed E-state index contributed by atoms with van der Waals surface area (Å²) in [6, 6.07) is 0. The molecule has 1 aliphatic heterocycles. The van der Waals surface area contributed by atoms with Crippen LogP contribution in [-0.2, 0) is 4.79 Å². The number of nitrogens with zero attached hydrogens (tertiary/aromatic N) is 1. The van der Waals surface area contributed by atoms with Crippen molar-refractivity contribution in [1.82, 2.24) is 4.90 Å². The Balaban J connectivity index is 0.000000490. The van der Waals surface area contributed by atoms with Crippen LogP contribution in [0.2, 0.25) is 0 Å². The summed E-state index contributed by atoms with van der Waals surface area (Å²) in [4.78, 5) is 11.5. The summed E-state index contributed by atoms with van der Waals surface area (Å²) >= 11 is 0. The van der Waals surface area contributed by atoms with Gasteiger partial charge in [-0.15, -0.1) is 0 Å². The predicted molar refractivity (Wildman–Crippen MR) is 21.4 cm³/mol. The summed E-state index contributed by atoms with van der Waals surface area (Å²) in [6.07, 6.45) is 0. The molecule has 0 aromatic rings. The van der Waals surface area contributed by atoms with Crippen molar-refractivity contribution < 1.29 is 39.5 Å². The van der Waals surface area contributed by atoms with Gasteiger partial charge in [0.2, 0.25) is 0 Å². The Morgan fingerprint density at radius 1 is 1.62 bits per heavy atom. The first kappa shape index (κ1) is 8.43. The summed E-state index contributed by atoms with van der Waals surface area (Å²) in [7, 11) is 0. The minimum absolute atomic E-state index is 0. The van der Waals surface area contributed by atoms with Crippen LogP contribution in [0.15, 0.2) is 0 Å². The molecule has 1 aliphatic rings. The van der Waals surface area contributed by atoms with Gasteiger partial charge >= 0.3 is 29.6 Å². The molecule has 0 unspecified atom stereocenters. The van der Waals surface area contributed by atoms with E-state index in [1.807, 2.05) is 0 Å². The molecule has 0 amide bonds. The van der Waals surface area contributed by atoms with Crippen molar-refractivity contribution in [2.75, 3.05) is 19.6 Å². The number of hydrogen-bond acceptors (Lipinski definition) is 3. The first-order chi connectivity index (χ1) is 3.29. The van der Waals surface area contributed by atoms with Crippen LogP contribution in [0.1, 0.15) is 0 Å². The molecule has 0 aromatic heterocycles. The van der Waals surface area contributed by atoms with E-state index in [0.717, 1.165) is 13.1 Å². The Labute approximate surface area is 70.0 Å². The van der Waals surface area contributed by atoms with Crippen molar-refractivity contribution in [2.45, 2.75) is 0 Å². The fraction of sp³-hybridized carbons (Fsp3) is 0.750. The standard InChI is InChI=1S/C4H7NO2.Na/c6-4(7)3-5-1-2-5;/h1-3H2,(H,6,7);/q;+1/p-1. The maximum atomic E-state index is 9.70. The average molecular weight is 123 g/mol. The molecule has 1 fully saturated rings. The van der Waals surface area contributed by atoms with Crippen LogP contribution in [0.3, 0.4) is 0 Å². The molecule has 0 spiro atoms. The molecule has 0 radical (unpaired) electrons. The van der Waals surface area contributed by atoms with Crippen LogP contribution in [0.4, 0.5) is 0 Å². The summed E-state index contributed by atoms with van der Waals surface area (Å²) < 4.78 is 0. The Hall–Kier alpha value is 0.430. The average Bonchev–Trinajstić information content (AvgIpc) is 2.17. The monoisotopic (exact) mass is 123 g/mol. The molecule has 3 nitrogen and oxygen atoms in total. The number of carbonyl (C=O) groups is 1. The number of carboxylic acid groups (broad SMARTS) is 1. The molecule has 1 rings (SSSR count). The molecule has 0 aliphatic carbocycles. The van der Waals surface area contributed by atoms with Crippen LogP contribution >= 0.6 is 0 Å². The zero-order valence-corrected chi connectivity index (χ0v) is 6.89. The van der Waals surface area contributed by atoms with E-state index < -0.39 is 5.97 Å². The number of carbonyl (C=O) groups excluding carboxylic acids is 1. The summed E-state index contributed by atoms with van der Waals surface area (Å²) in [5.74, 6) is -0.975. The van der Waals surface area contributed by atoms with Crippen LogP contribution in [0.25, 0.3) is 0 Å². The Bertz CT molecular complexity index is 92.0. The molecule has 0 saturated carbocycles. The van der Waals surface area contributed by atoms with Crippen LogP contribution < -0.4 is 34.7 Å². The molecule has 0 aromatic carbocycles. The zero-order chi connectivity index (χ0) is 5.28. The zero-order valence-electron chi connectivity index (χ0n) is 4.89. The summed E-state index contributed by atoms with van der Waals surface area (Å²) in [5, 5.41) is 9.70. The third kappa shape index (κ3) is 3.43. The van der Waals surface area contributed by atoms with Crippen molar-refractivity contribution in [3.8, 4) is 0 Å². The molecule has 40 valence electrons. The van der Waals surface area contributed by atoms with E-state index in [-0.39, 0.29) is 36.1 Å². The first-order valence-electron chi connectivity index (χ1n) is 2.21. The number of rotatable bonds is 2. The molecular weight excluding hydrogens is 117 g/mol. The van der Waals surface area contributed by atoms with Crippen LogP contribution in [0, 0.1) is 0 Å². The Morgan fingerprint density at radius 2 is 2.12 bits per heavy atom. The van der Waals surface area contributed by atoms with Crippen molar-refractivity contribution in [1.29, 1.82) is 0 Å². The summed E-state index contributed by atoms with van der Waals surface area (Å²) in [6.45, 7) is 1.96. The normalized spacial score (nSPS) is 17.0. The number of carboxylic acids is 1. The number of hydrogen-bond donors (Lipinski definition) is 0. The topological polar surface area (TPSA) is 43.1 Å². The third-order valence-electron chi connectivity index (χ3n) is 0.893. The maximum Gasteiger partial charge on any atom is 1.00 e. The number of aliphatic carboxylic acids is 1. The second-order valence-corrected chi connectivity index (χ2v) is 1.65. The molecule has 8 heavy (non-hydrogen) atoms. The summed E-state index contributed by atoms with van der Waals surface area (Å²) in [5.41, 5.74) is 0. The first-order valence-corrected chi connectivity index (χ1v) is 2.21. The fourth-order valence-corrected chi connectivity index (χ4v) is 0.411. The van der Waals surface area contributed by atoms with Gasteiger partial charge in [0.25, 0.3) is 0 Å². The van der Waals surface area contributed by atoms with Crippen LogP contribution in [0.5, 0.6) is 0 Å². The van der Waals surface area contributed by atoms with E-state index >= 15 is 0 Å². The second kappa shape index (κ2) is 3.45. The smallest absolute Gasteiger partial charge is 0.549 e. The maximum absolute atomic E-state index is 9.70. The molecule has 1 saturated heterocycles. The Morgan fingerprint density at radius 3 is 2.25 bits per heavy atom. The molecule has 4 heteroatoms. The minimum Gasteiger partial charge on any atom is -0.549 e. The van der Waals surface area contributed by atoms with Gasteiger partial charge in [-0.05, 0) is 0 Å². The van der Waals surface area contributed by atoms with Gasteiger partial charge in [0.1, 0.15) is 0 Å². The van der Waals surface area contributed by atoms with Crippen molar-refractivity contribution in [3.63, 3.8) is 0 Å². The minimum atomic E-state index is -0.975. The molecule has 0 bridgehead atoms. The largest absolute Gasteiger partial charge is 1.00 e. The van der Waals surface area contributed by atoms with Gasteiger partial charge in [-0.3, -0.25) is 4.90 Å². The third-order valence-corrected chi connectivity index (χ3v) is 0.893. The van der Waals surface area contributed by atoms with Gasteiger partial charge in [-0.2, -0.15) is 0 Å². The van der Waals surface area contributed by atoms with E-state index in [1.165, 1.54) is 0 Å². The van der Waals surface area contributed by atoms with Gasteiger partial charge < -0.3 is 9.90 Å². The van der Waals surface area contributed by atoms with E-state index in [4.69, 9.17) is 0 Å². The molecule has 0 N–H and O–H groups in total. The van der Waals surface area contributed by atoms with Gasteiger partial charge in [0.15, 0.2) is 0 Å². The van der Waals surface area contributed by atoms with Crippen molar-refractivity contribution >= 4 is 5.97 Å². The molecular formula is C4H6NNaO2. The molecule has 1 heterocycles. The molecule has 0 atom stereocenters. The van der Waals surface area contributed by atoms with E-state index in [0.29, 0.717) is 0 Å². The predicted octanol–water partition coefficient (Wildman–Crippen LogP) is -4.94. The quantitative estimate of drug-likeness (QED) is 0.273. The van der Waals surface area contributed by atoms with Gasteiger partial charge in [-0.25, -0.2) is 0 Å². The van der Waals surface area contributed by atoms with Gasteiger partial charge in [-0.1, -0.05) is 0 Å². The van der Waals surface area contributed by atoms with Gasteiger partial charge in [0.05, 0.1) is 5.97 Å². The van der Waals surface area contributed by atoms with E-state index in [1.54, 1.807) is 4.90 Å². The van der Waals surface area contributed by atoms with Crippen molar-refractivity contribution in [2.24, 2.45) is 0 Å². The second-order valence-electron chi connectivity index (χ2n) is 1.65. The van der Waals surface area contributed by atoms with Gasteiger partial charge in [0, 0.05) is 19.6 Å². The van der Waals surface area contributed by atoms with Crippen LogP contribution in [-0.4, -0.2) is 30.5 Å². The van der Waals surface area contributed by atoms with Crippen molar-refractivity contribution in [3.05, 3.63) is 0 Å². The fourth-order valence-electron chi connectivity index (χ4n) is 0.411. The SMILES string of the molecule is O=C([O-])CN1CC1.[Na+].